The van der Waals surface area contributed by atoms with Gasteiger partial charge < -0.3 is 5.73 Å². The Labute approximate surface area is 104 Å². The number of benzene rings is 1. The van der Waals surface area contributed by atoms with Gasteiger partial charge in [0.1, 0.15) is 4.83 Å². The van der Waals surface area contributed by atoms with E-state index in [9.17, 15) is 0 Å². The van der Waals surface area contributed by atoms with Gasteiger partial charge in [0.25, 0.3) is 0 Å². The average molecular weight is 240 g/mol. The first-order chi connectivity index (χ1) is 8.25. The molecule has 3 rings (SSSR count). The van der Waals surface area contributed by atoms with Crippen LogP contribution in [0.4, 0.5) is 5.69 Å². The van der Waals surface area contributed by atoms with Gasteiger partial charge in [-0.25, -0.2) is 4.98 Å². The van der Waals surface area contributed by atoms with Crippen molar-refractivity contribution in [3.05, 3.63) is 47.3 Å². The van der Waals surface area contributed by atoms with Gasteiger partial charge in [0.2, 0.25) is 0 Å². The van der Waals surface area contributed by atoms with Crippen LogP contribution in [-0.4, -0.2) is 4.98 Å². The van der Waals surface area contributed by atoms with Gasteiger partial charge in [-0.1, -0.05) is 30.3 Å². The van der Waals surface area contributed by atoms with Crippen LogP contribution in [-0.2, 0) is 0 Å². The van der Waals surface area contributed by atoms with Crippen molar-refractivity contribution in [2.24, 2.45) is 0 Å². The number of rotatable bonds is 1. The van der Waals surface area contributed by atoms with E-state index in [4.69, 9.17) is 5.73 Å². The van der Waals surface area contributed by atoms with Gasteiger partial charge in [0.15, 0.2) is 0 Å². The average Bonchev–Trinajstić information content (AvgIpc) is 2.66. The Balaban J connectivity index is 2.21. The third kappa shape index (κ3) is 1.68. The molecule has 2 heterocycles. The smallest absolute Gasteiger partial charge is 0.126 e. The lowest BCUT2D eigenvalue weighted by Crippen LogP contribution is -1.85. The third-order valence-electron chi connectivity index (χ3n) is 2.85. The summed E-state index contributed by atoms with van der Waals surface area (Å²) in [7, 11) is 0. The minimum absolute atomic E-state index is 0.858. The van der Waals surface area contributed by atoms with Gasteiger partial charge in [-0.05, 0) is 19.1 Å². The van der Waals surface area contributed by atoms with E-state index in [1.807, 2.05) is 31.2 Å². The molecular weight excluding hydrogens is 228 g/mol. The second kappa shape index (κ2) is 3.86. The van der Waals surface area contributed by atoms with Crippen LogP contribution in [0.5, 0.6) is 0 Å². The molecule has 2 nitrogen and oxygen atoms in total. The van der Waals surface area contributed by atoms with E-state index in [0.717, 1.165) is 32.0 Å². The summed E-state index contributed by atoms with van der Waals surface area (Å²) in [5, 5.41) is 1.06. The lowest BCUT2D eigenvalue weighted by Gasteiger charge is -2.00. The number of anilines is 1. The molecule has 2 N–H and O–H groups in total. The van der Waals surface area contributed by atoms with E-state index in [1.165, 1.54) is 0 Å². The number of aromatic nitrogens is 1. The minimum Gasteiger partial charge on any atom is -0.397 e. The molecule has 3 aromatic rings. The first-order valence-electron chi connectivity index (χ1n) is 5.47. The molecule has 0 aliphatic heterocycles. The maximum atomic E-state index is 6.00. The fraction of sp³-hybridized carbons (Fsp3) is 0.0714. The van der Waals surface area contributed by atoms with Crippen LogP contribution in [0.1, 0.15) is 4.88 Å². The van der Waals surface area contributed by atoms with E-state index in [-0.39, 0.29) is 0 Å². The molecule has 0 bridgehead atoms. The zero-order valence-corrected chi connectivity index (χ0v) is 10.3. The lowest BCUT2D eigenvalue weighted by molar-refractivity contribution is 1.43. The molecule has 17 heavy (non-hydrogen) atoms. The summed E-state index contributed by atoms with van der Waals surface area (Å²) in [6, 6.07) is 14.3. The fourth-order valence-electron chi connectivity index (χ4n) is 1.88. The molecule has 0 atom stereocenters. The van der Waals surface area contributed by atoms with Crippen LogP contribution in [0.25, 0.3) is 21.5 Å². The Bertz CT molecular complexity index is 671. The van der Waals surface area contributed by atoms with Crippen LogP contribution < -0.4 is 5.73 Å². The number of hydrogen-bond acceptors (Lipinski definition) is 3. The molecule has 1 aromatic carbocycles. The SMILES string of the molecule is Cc1sc2nc(-c3ccccc3)ccc2c1N. The van der Waals surface area contributed by atoms with Crippen molar-refractivity contribution in [3.8, 4) is 11.3 Å². The molecule has 0 aliphatic carbocycles. The van der Waals surface area contributed by atoms with E-state index in [0.29, 0.717) is 0 Å². The van der Waals surface area contributed by atoms with Crippen LogP contribution in [0.3, 0.4) is 0 Å². The Morgan fingerprint density at radius 2 is 1.82 bits per heavy atom. The summed E-state index contributed by atoms with van der Waals surface area (Å²) in [5.74, 6) is 0. The molecule has 0 saturated heterocycles. The summed E-state index contributed by atoms with van der Waals surface area (Å²) in [4.78, 5) is 6.82. The first kappa shape index (κ1) is 10.3. The molecule has 0 spiro atoms. The van der Waals surface area contributed by atoms with Crippen LogP contribution in [0.15, 0.2) is 42.5 Å². The van der Waals surface area contributed by atoms with Crippen molar-refractivity contribution in [2.75, 3.05) is 5.73 Å². The number of fused-ring (bicyclic) bond motifs is 1. The van der Waals surface area contributed by atoms with Gasteiger partial charge in [0, 0.05) is 15.8 Å². The fourth-order valence-corrected chi connectivity index (χ4v) is 2.82. The van der Waals surface area contributed by atoms with Crippen molar-refractivity contribution in [3.63, 3.8) is 0 Å². The van der Waals surface area contributed by atoms with Crippen LogP contribution in [0.2, 0.25) is 0 Å². The second-order valence-electron chi connectivity index (χ2n) is 3.99. The molecule has 0 aliphatic rings. The number of nitrogens with zero attached hydrogens (tertiary/aromatic N) is 1. The zero-order chi connectivity index (χ0) is 11.8. The molecule has 84 valence electrons. The third-order valence-corrected chi connectivity index (χ3v) is 3.88. The van der Waals surface area contributed by atoms with Gasteiger partial charge in [-0.2, -0.15) is 0 Å². The number of thiophene rings is 1. The minimum atomic E-state index is 0.858. The highest BCUT2D eigenvalue weighted by Gasteiger charge is 2.08. The Hall–Kier alpha value is -1.87. The van der Waals surface area contributed by atoms with Crippen molar-refractivity contribution >= 4 is 27.2 Å². The number of nitrogens with two attached hydrogens (primary N) is 1. The van der Waals surface area contributed by atoms with Crippen LogP contribution >= 0.6 is 11.3 Å². The normalized spacial score (nSPS) is 10.9. The van der Waals surface area contributed by atoms with Crippen molar-refractivity contribution in [1.82, 2.24) is 4.98 Å². The summed E-state index contributed by atoms with van der Waals surface area (Å²) < 4.78 is 0. The van der Waals surface area contributed by atoms with E-state index < -0.39 is 0 Å². The number of hydrogen-bond donors (Lipinski definition) is 1. The molecule has 0 unspecified atom stereocenters. The van der Waals surface area contributed by atoms with Crippen molar-refractivity contribution in [1.29, 1.82) is 0 Å². The second-order valence-corrected chi connectivity index (χ2v) is 5.19. The van der Waals surface area contributed by atoms with Crippen molar-refractivity contribution in [2.45, 2.75) is 6.92 Å². The Morgan fingerprint density at radius 1 is 1.06 bits per heavy atom. The van der Waals surface area contributed by atoms with Gasteiger partial charge >= 0.3 is 0 Å². The van der Waals surface area contributed by atoms with Crippen LogP contribution in [0, 0.1) is 6.92 Å². The summed E-state index contributed by atoms with van der Waals surface area (Å²) in [5.41, 5.74) is 8.99. The first-order valence-corrected chi connectivity index (χ1v) is 6.28. The molecule has 3 heteroatoms. The quantitative estimate of drug-likeness (QED) is 0.701. The highest BCUT2D eigenvalue weighted by atomic mass is 32.1. The summed E-state index contributed by atoms with van der Waals surface area (Å²) in [6.07, 6.45) is 0. The van der Waals surface area contributed by atoms with Gasteiger partial charge in [-0.15, -0.1) is 11.3 Å². The molecule has 0 radical (unpaired) electrons. The predicted octanol–water partition coefficient (Wildman–Crippen LogP) is 3.85. The van der Waals surface area contributed by atoms with Gasteiger partial charge in [0.05, 0.1) is 11.4 Å². The van der Waals surface area contributed by atoms with Gasteiger partial charge in [-0.3, -0.25) is 0 Å². The topological polar surface area (TPSA) is 38.9 Å². The highest BCUT2D eigenvalue weighted by Crippen LogP contribution is 2.33. The van der Waals surface area contributed by atoms with E-state index >= 15 is 0 Å². The maximum absolute atomic E-state index is 6.00. The lowest BCUT2D eigenvalue weighted by atomic mass is 10.1. The molecular formula is C14H12N2S. The molecule has 2 aromatic heterocycles. The monoisotopic (exact) mass is 240 g/mol. The molecule has 0 saturated carbocycles. The number of nitrogen functional groups attached to an aromatic ring is 1. The largest absolute Gasteiger partial charge is 0.397 e. The molecule has 0 amide bonds. The molecule has 0 fully saturated rings. The summed E-state index contributed by atoms with van der Waals surface area (Å²) in [6.45, 7) is 2.03. The van der Waals surface area contributed by atoms with E-state index in [1.54, 1.807) is 11.3 Å². The summed E-state index contributed by atoms with van der Waals surface area (Å²) >= 11 is 1.65. The number of aryl methyl sites for hydroxylation is 1. The Morgan fingerprint density at radius 3 is 2.59 bits per heavy atom. The Kier molecular flexibility index (Phi) is 2.34. The standard InChI is InChI=1S/C14H12N2S/c1-9-13(15)11-7-8-12(16-14(11)17-9)10-5-3-2-4-6-10/h2-8H,15H2,1H3. The van der Waals surface area contributed by atoms with Crippen molar-refractivity contribution < 1.29 is 0 Å². The highest BCUT2D eigenvalue weighted by molar-refractivity contribution is 7.19. The number of pyridine rings is 1. The maximum Gasteiger partial charge on any atom is 0.126 e. The zero-order valence-electron chi connectivity index (χ0n) is 9.47. The van der Waals surface area contributed by atoms with E-state index in [2.05, 4.69) is 23.2 Å². The predicted molar refractivity (Wildman–Crippen MR) is 74.2 cm³/mol.